The molecule has 1 aromatic heterocycles. The molecule has 1 heterocycles. The first-order valence-electron chi connectivity index (χ1n) is 6.29. The molecule has 0 bridgehead atoms. The maximum atomic E-state index is 6.23. The molecule has 2 aromatic rings. The predicted molar refractivity (Wildman–Crippen MR) is 81.4 cm³/mol. The van der Waals surface area contributed by atoms with Crippen molar-refractivity contribution in [2.75, 3.05) is 10.6 Å². The molecule has 0 fully saturated rings. The van der Waals surface area contributed by atoms with Gasteiger partial charge in [-0.15, -0.1) is 0 Å². The Bertz CT molecular complexity index is 555. The van der Waals surface area contributed by atoms with Crippen LogP contribution in [0.15, 0.2) is 42.7 Å². The highest BCUT2D eigenvalue weighted by atomic mass is 35.5. The van der Waals surface area contributed by atoms with E-state index in [2.05, 4.69) is 23.7 Å². The van der Waals surface area contributed by atoms with Gasteiger partial charge in [0.15, 0.2) is 0 Å². The molecule has 3 nitrogen and oxygen atoms in total. The molecule has 0 aliphatic heterocycles. The van der Waals surface area contributed by atoms with E-state index >= 15 is 0 Å². The van der Waals surface area contributed by atoms with E-state index in [9.17, 15) is 0 Å². The largest absolute Gasteiger partial charge is 0.398 e. The van der Waals surface area contributed by atoms with Gasteiger partial charge in [0.2, 0.25) is 0 Å². The molecule has 0 saturated heterocycles. The first kappa shape index (κ1) is 13.7. The van der Waals surface area contributed by atoms with Gasteiger partial charge in [0.05, 0.1) is 10.7 Å². The SMILES string of the molecule is CC(C)N(Cc1ccccc1N)c1ccncc1Cl. The molecule has 0 spiro atoms. The molecular weight excluding hydrogens is 258 g/mol. The van der Waals surface area contributed by atoms with E-state index in [4.69, 9.17) is 17.3 Å². The third-order valence-electron chi connectivity index (χ3n) is 3.08. The molecule has 0 aliphatic carbocycles. The number of aromatic nitrogens is 1. The summed E-state index contributed by atoms with van der Waals surface area (Å²) >= 11 is 6.23. The third-order valence-corrected chi connectivity index (χ3v) is 3.37. The molecule has 2 rings (SSSR count). The number of para-hydroxylation sites is 1. The highest BCUT2D eigenvalue weighted by Gasteiger charge is 2.15. The van der Waals surface area contributed by atoms with Crippen LogP contribution in [-0.4, -0.2) is 11.0 Å². The van der Waals surface area contributed by atoms with Crippen molar-refractivity contribution in [3.63, 3.8) is 0 Å². The van der Waals surface area contributed by atoms with Crippen LogP contribution in [0.25, 0.3) is 0 Å². The molecule has 0 aliphatic rings. The predicted octanol–water partition coefficient (Wildman–Crippen LogP) is 3.73. The monoisotopic (exact) mass is 275 g/mol. The van der Waals surface area contributed by atoms with E-state index in [0.29, 0.717) is 11.1 Å². The van der Waals surface area contributed by atoms with Gasteiger partial charge in [0, 0.05) is 30.7 Å². The highest BCUT2D eigenvalue weighted by molar-refractivity contribution is 6.33. The summed E-state index contributed by atoms with van der Waals surface area (Å²) in [6, 6.07) is 10.2. The van der Waals surface area contributed by atoms with Gasteiger partial charge >= 0.3 is 0 Å². The molecule has 0 radical (unpaired) electrons. The smallest absolute Gasteiger partial charge is 0.0822 e. The Morgan fingerprint density at radius 3 is 2.63 bits per heavy atom. The van der Waals surface area contributed by atoms with Crippen LogP contribution in [-0.2, 0) is 6.54 Å². The first-order valence-corrected chi connectivity index (χ1v) is 6.67. The van der Waals surface area contributed by atoms with Gasteiger partial charge in [0.25, 0.3) is 0 Å². The molecule has 0 unspecified atom stereocenters. The number of pyridine rings is 1. The minimum absolute atomic E-state index is 0.319. The second kappa shape index (κ2) is 5.93. The van der Waals surface area contributed by atoms with Crippen LogP contribution in [0.4, 0.5) is 11.4 Å². The lowest BCUT2D eigenvalue weighted by atomic mass is 10.1. The van der Waals surface area contributed by atoms with Gasteiger partial charge < -0.3 is 10.6 Å². The summed E-state index contributed by atoms with van der Waals surface area (Å²) in [6.45, 7) is 5.00. The Balaban J connectivity index is 2.33. The molecule has 19 heavy (non-hydrogen) atoms. The summed E-state index contributed by atoms with van der Waals surface area (Å²) in [5.74, 6) is 0. The van der Waals surface area contributed by atoms with Gasteiger partial charge in [-0.1, -0.05) is 29.8 Å². The van der Waals surface area contributed by atoms with Crippen LogP contribution >= 0.6 is 11.6 Å². The van der Waals surface area contributed by atoms with Gasteiger partial charge in [0.1, 0.15) is 0 Å². The fourth-order valence-corrected chi connectivity index (χ4v) is 2.24. The first-order chi connectivity index (χ1) is 9.09. The number of hydrogen-bond acceptors (Lipinski definition) is 3. The van der Waals surface area contributed by atoms with Crippen LogP contribution in [0.1, 0.15) is 19.4 Å². The molecule has 0 saturated carbocycles. The lowest BCUT2D eigenvalue weighted by Crippen LogP contribution is -2.30. The summed E-state index contributed by atoms with van der Waals surface area (Å²) in [6.07, 6.45) is 3.42. The summed E-state index contributed by atoms with van der Waals surface area (Å²) in [7, 11) is 0. The average molecular weight is 276 g/mol. The summed E-state index contributed by atoms with van der Waals surface area (Å²) in [4.78, 5) is 6.25. The number of nitrogen functional groups attached to an aromatic ring is 1. The van der Waals surface area contributed by atoms with Gasteiger partial charge in [-0.05, 0) is 31.5 Å². The van der Waals surface area contributed by atoms with Crippen LogP contribution in [0, 0.1) is 0 Å². The average Bonchev–Trinajstić information content (AvgIpc) is 2.38. The van der Waals surface area contributed by atoms with Gasteiger partial charge in [-0.2, -0.15) is 0 Å². The lowest BCUT2D eigenvalue weighted by molar-refractivity contribution is 0.683. The van der Waals surface area contributed by atoms with Crippen LogP contribution < -0.4 is 10.6 Å². The van der Waals surface area contributed by atoms with E-state index in [-0.39, 0.29) is 0 Å². The minimum atomic E-state index is 0.319. The van der Waals surface area contributed by atoms with E-state index in [0.717, 1.165) is 23.5 Å². The second-order valence-electron chi connectivity index (χ2n) is 4.75. The highest BCUT2D eigenvalue weighted by Crippen LogP contribution is 2.28. The molecule has 0 atom stereocenters. The number of anilines is 2. The summed E-state index contributed by atoms with van der Waals surface area (Å²) in [5.41, 5.74) is 8.90. The summed E-state index contributed by atoms with van der Waals surface area (Å²) < 4.78 is 0. The van der Waals surface area contributed by atoms with Crippen molar-refractivity contribution in [2.45, 2.75) is 26.4 Å². The lowest BCUT2D eigenvalue weighted by Gasteiger charge is -2.30. The Morgan fingerprint density at radius 1 is 1.26 bits per heavy atom. The van der Waals surface area contributed by atoms with Crippen molar-refractivity contribution in [3.8, 4) is 0 Å². The number of hydrogen-bond donors (Lipinski definition) is 1. The zero-order valence-corrected chi connectivity index (χ0v) is 11.9. The third kappa shape index (κ3) is 3.18. The summed E-state index contributed by atoms with van der Waals surface area (Å²) in [5, 5.41) is 0.658. The van der Waals surface area contributed by atoms with Crippen LogP contribution in [0.5, 0.6) is 0 Å². The van der Waals surface area contributed by atoms with Crippen LogP contribution in [0.3, 0.4) is 0 Å². The normalized spacial score (nSPS) is 10.7. The maximum Gasteiger partial charge on any atom is 0.0822 e. The van der Waals surface area contributed by atoms with Crippen molar-refractivity contribution in [1.29, 1.82) is 0 Å². The minimum Gasteiger partial charge on any atom is -0.398 e. The Kier molecular flexibility index (Phi) is 4.27. The van der Waals surface area contributed by atoms with Crippen LogP contribution in [0.2, 0.25) is 5.02 Å². The number of nitrogens with zero attached hydrogens (tertiary/aromatic N) is 2. The quantitative estimate of drug-likeness (QED) is 0.865. The standard InChI is InChI=1S/C15H18ClN3/c1-11(2)19(15-7-8-18-9-13(15)16)10-12-5-3-4-6-14(12)17/h3-9,11H,10,17H2,1-2H3. The zero-order chi connectivity index (χ0) is 13.8. The molecule has 4 heteroatoms. The van der Waals surface area contributed by atoms with Crippen molar-refractivity contribution < 1.29 is 0 Å². The van der Waals surface area contributed by atoms with Crippen molar-refractivity contribution in [1.82, 2.24) is 4.98 Å². The maximum absolute atomic E-state index is 6.23. The number of benzene rings is 1. The zero-order valence-electron chi connectivity index (χ0n) is 11.2. The van der Waals surface area contributed by atoms with E-state index in [1.165, 1.54) is 0 Å². The molecule has 2 N–H and O–H groups in total. The molecule has 0 amide bonds. The van der Waals surface area contributed by atoms with Crippen molar-refractivity contribution in [3.05, 3.63) is 53.3 Å². The van der Waals surface area contributed by atoms with Crippen molar-refractivity contribution >= 4 is 23.0 Å². The molecule has 100 valence electrons. The number of nitrogens with two attached hydrogens (primary N) is 1. The van der Waals surface area contributed by atoms with Crippen molar-refractivity contribution in [2.24, 2.45) is 0 Å². The Labute approximate surface area is 119 Å². The second-order valence-corrected chi connectivity index (χ2v) is 5.15. The Morgan fingerprint density at radius 2 is 2.00 bits per heavy atom. The fourth-order valence-electron chi connectivity index (χ4n) is 2.01. The van der Waals surface area contributed by atoms with E-state index in [1.807, 2.05) is 30.3 Å². The Hall–Kier alpha value is -1.74. The van der Waals surface area contributed by atoms with E-state index in [1.54, 1.807) is 12.4 Å². The molecule has 1 aromatic carbocycles. The topological polar surface area (TPSA) is 42.1 Å². The fraction of sp³-hybridized carbons (Fsp3) is 0.267. The van der Waals surface area contributed by atoms with Gasteiger partial charge in [-0.3, -0.25) is 4.98 Å². The molecular formula is C15H18ClN3. The van der Waals surface area contributed by atoms with Gasteiger partial charge in [-0.25, -0.2) is 0 Å². The van der Waals surface area contributed by atoms with E-state index < -0.39 is 0 Å². The number of rotatable bonds is 4. The number of halogens is 1.